The van der Waals surface area contributed by atoms with Gasteiger partial charge in [-0.1, -0.05) is 24.3 Å². The summed E-state index contributed by atoms with van der Waals surface area (Å²) in [6.45, 7) is 1.48. The smallest absolute Gasteiger partial charge is 0.269 e. The highest BCUT2D eigenvalue weighted by Crippen LogP contribution is 2.15. The summed E-state index contributed by atoms with van der Waals surface area (Å²) in [4.78, 5) is 11.8. The Labute approximate surface area is 111 Å². The maximum atomic E-state index is 11.8. The number of carbonyl (C=O) groups is 1. The molecule has 0 saturated heterocycles. The summed E-state index contributed by atoms with van der Waals surface area (Å²) in [5.41, 5.74) is 3.21. The number of carbonyl (C=O) groups excluding carboxylic acids is 1. The van der Waals surface area contributed by atoms with Crippen molar-refractivity contribution in [3.05, 3.63) is 53.3 Å². The Morgan fingerprint density at radius 1 is 1.32 bits per heavy atom. The van der Waals surface area contributed by atoms with E-state index < -0.39 is 0 Å². The van der Waals surface area contributed by atoms with Crippen LogP contribution in [-0.2, 0) is 13.0 Å². The molecule has 2 heterocycles. The van der Waals surface area contributed by atoms with Crippen LogP contribution in [0.1, 0.15) is 21.6 Å². The van der Waals surface area contributed by atoms with Gasteiger partial charge in [0.1, 0.15) is 5.69 Å². The zero-order chi connectivity index (χ0) is 13.1. The largest absolute Gasteiger partial charge is 0.349 e. The molecular weight excluding hydrogens is 240 g/mol. The molecule has 19 heavy (non-hydrogen) atoms. The molecule has 0 fully saturated rings. The molecule has 2 aromatic rings. The molecular formula is C14H16N4O. The summed E-state index contributed by atoms with van der Waals surface area (Å²) in [5.74, 6) is -0.113. The first-order valence-electron chi connectivity index (χ1n) is 6.40. The Bertz CT molecular complexity index is 565. The van der Waals surface area contributed by atoms with Gasteiger partial charge >= 0.3 is 0 Å². The number of aromatic nitrogens is 2. The summed E-state index contributed by atoms with van der Waals surface area (Å²) in [6.07, 6.45) is 2.52. The molecule has 0 bridgehead atoms. The first-order valence-corrected chi connectivity index (χ1v) is 6.40. The molecule has 5 heteroatoms. The summed E-state index contributed by atoms with van der Waals surface area (Å²) in [7, 11) is 0. The van der Waals surface area contributed by atoms with Gasteiger partial charge in [0.05, 0.1) is 0 Å². The third kappa shape index (κ3) is 2.66. The Balaban J connectivity index is 1.57. The number of hydrogen-bond acceptors (Lipinski definition) is 3. The Hall–Kier alpha value is -2.14. The van der Waals surface area contributed by atoms with Crippen LogP contribution in [0.25, 0.3) is 0 Å². The van der Waals surface area contributed by atoms with Crippen molar-refractivity contribution in [2.45, 2.75) is 19.0 Å². The minimum Gasteiger partial charge on any atom is -0.349 e. The second-order valence-electron chi connectivity index (χ2n) is 4.73. The number of rotatable bonds is 3. The van der Waals surface area contributed by atoms with Gasteiger partial charge in [-0.2, -0.15) is 5.10 Å². The van der Waals surface area contributed by atoms with E-state index in [9.17, 15) is 4.79 Å². The molecule has 0 aliphatic carbocycles. The van der Waals surface area contributed by atoms with Crippen LogP contribution in [0.5, 0.6) is 0 Å². The van der Waals surface area contributed by atoms with E-state index in [2.05, 4.69) is 45.1 Å². The highest BCUT2D eigenvalue weighted by atomic mass is 16.1. The van der Waals surface area contributed by atoms with Crippen LogP contribution in [0.3, 0.4) is 0 Å². The molecule has 3 N–H and O–H groups in total. The first kappa shape index (κ1) is 11.9. The predicted molar refractivity (Wildman–Crippen MR) is 71.7 cm³/mol. The SMILES string of the molecule is O=C(NCC1Cc2ccccc2CN1)c1ccn[nH]1. The van der Waals surface area contributed by atoms with E-state index in [4.69, 9.17) is 0 Å². The predicted octanol–water partition coefficient (Wildman–Crippen LogP) is 0.854. The number of nitrogens with zero attached hydrogens (tertiary/aromatic N) is 1. The molecule has 1 unspecified atom stereocenters. The number of hydrogen-bond donors (Lipinski definition) is 3. The van der Waals surface area contributed by atoms with Crippen molar-refractivity contribution in [2.24, 2.45) is 0 Å². The van der Waals surface area contributed by atoms with Crippen molar-refractivity contribution in [1.29, 1.82) is 0 Å². The van der Waals surface area contributed by atoms with Crippen LogP contribution in [0.2, 0.25) is 0 Å². The van der Waals surface area contributed by atoms with Crippen LogP contribution in [-0.4, -0.2) is 28.7 Å². The standard InChI is InChI=1S/C14H16N4O/c19-14(13-5-6-17-18-13)16-9-12-7-10-3-1-2-4-11(10)8-15-12/h1-6,12,15H,7-9H2,(H,16,19)(H,17,18). The van der Waals surface area contributed by atoms with Gasteiger partial charge in [-0.05, 0) is 23.6 Å². The zero-order valence-corrected chi connectivity index (χ0v) is 10.5. The fourth-order valence-electron chi connectivity index (χ4n) is 2.36. The van der Waals surface area contributed by atoms with Crippen molar-refractivity contribution in [3.63, 3.8) is 0 Å². The van der Waals surface area contributed by atoms with Crippen LogP contribution >= 0.6 is 0 Å². The highest BCUT2D eigenvalue weighted by Gasteiger charge is 2.18. The summed E-state index contributed by atoms with van der Waals surface area (Å²) in [5, 5.41) is 12.8. The third-order valence-electron chi connectivity index (χ3n) is 3.42. The molecule has 1 aromatic carbocycles. The molecule has 0 radical (unpaired) electrons. The monoisotopic (exact) mass is 256 g/mol. The van der Waals surface area contributed by atoms with Crippen molar-refractivity contribution >= 4 is 5.91 Å². The van der Waals surface area contributed by atoms with Crippen LogP contribution in [0, 0.1) is 0 Å². The van der Waals surface area contributed by atoms with Crippen molar-refractivity contribution in [1.82, 2.24) is 20.8 Å². The van der Waals surface area contributed by atoms with Gasteiger partial charge in [-0.25, -0.2) is 0 Å². The average molecular weight is 256 g/mol. The first-order chi connectivity index (χ1) is 9.33. The van der Waals surface area contributed by atoms with Crippen LogP contribution in [0.15, 0.2) is 36.5 Å². The van der Waals surface area contributed by atoms with E-state index >= 15 is 0 Å². The van der Waals surface area contributed by atoms with Gasteiger partial charge in [0, 0.05) is 25.3 Å². The number of H-pyrrole nitrogens is 1. The summed E-state index contributed by atoms with van der Waals surface area (Å²) in [6, 6.07) is 10.4. The maximum Gasteiger partial charge on any atom is 0.269 e. The van der Waals surface area contributed by atoms with E-state index in [1.807, 2.05) is 0 Å². The molecule has 1 aliphatic heterocycles. The molecule has 1 aliphatic rings. The van der Waals surface area contributed by atoms with Gasteiger partial charge in [-0.15, -0.1) is 0 Å². The van der Waals surface area contributed by atoms with E-state index in [1.165, 1.54) is 11.1 Å². The highest BCUT2D eigenvalue weighted by molar-refractivity contribution is 5.92. The molecule has 5 nitrogen and oxygen atoms in total. The Morgan fingerprint density at radius 2 is 2.16 bits per heavy atom. The topological polar surface area (TPSA) is 69.8 Å². The fraction of sp³-hybridized carbons (Fsp3) is 0.286. The van der Waals surface area contributed by atoms with Crippen molar-refractivity contribution in [3.8, 4) is 0 Å². The fourth-order valence-corrected chi connectivity index (χ4v) is 2.36. The quantitative estimate of drug-likeness (QED) is 0.762. The number of nitrogens with one attached hydrogen (secondary N) is 3. The lowest BCUT2D eigenvalue weighted by atomic mass is 9.96. The van der Waals surface area contributed by atoms with Crippen LogP contribution in [0.4, 0.5) is 0 Å². The molecule has 1 aromatic heterocycles. The van der Waals surface area contributed by atoms with Crippen molar-refractivity contribution < 1.29 is 4.79 Å². The Kier molecular flexibility index (Phi) is 3.29. The summed E-state index contributed by atoms with van der Waals surface area (Å²) < 4.78 is 0. The van der Waals surface area contributed by atoms with E-state index in [0.29, 0.717) is 12.2 Å². The number of amides is 1. The lowest BCUT2D eigenvalue weighted by molar-refractivity contribution is 0.0944. The number of aromatic amines is 1. The van der Waals surface area contributed by atoms with E-state index in [0.717, 1.165) is 13.0 Å². The minimum atomic E-state index is -0.113. The van der Waals surface area contributed by atoms with E-state index in [1.54, 1.807) is 12.3 Å². The Morgan fingerprint density at radius 3 is 2.95 bits per heavy atom. The molecule has 0 spiro atoms. The second-order valence-corrected chi connectivity index (χ2v) is 4.73. The lowest BCUT2D eigenvalue weighted by Crippen LogP contribution is -2.44. The normalized spacial score (nSPS) is 17.8. The molecule has 3 rings (SSSR count). The second kappa shape index (κ2) is 5.24. The van der Waals surface area contributed by atoms with Gasteiger partial charge in [0.25, 0.3) is 5.91 Å². The molecule has 1 amide bonds. The third-order valence-corrected chi connectivity index (χ3v) is 3.42. The molecule has 0 saturated carbocycles. The van der Waals surface area contributed by atoms with Gasteiger partial charge in [0.2, 0.25) is 0 Å². The zero-order valence-electron chi connectivity index (χ0n) is 10.5. The number of benzene rings is 1. The van der Waals surface area contributed by atoms with E-state index in [-0.39, 0.29) is 11.9 Å². The van der Waals surface area contributed by atoms with Crippen LogP contribution < -0.4 is 10.6 Å². The van der Waals surface area contributed by atoms with Gasteiger partial charge < -0.3 is 10.6 Å². The van der Waals surface area contributed by atoms with Gasteiger partial charge in [0.15, 0.2) is 0 Å². The summed E-state index contributed by atoms with van der Waals surface area (Å²) >= 11 is 0. The number of fused-ring (bicyclic) bond motifs is 1. The molecule has 1 atom stereocenters. The maximum absolute atomic E-state index is 11.8. The lowest BCUT2D eigenvalue weighted by Gasteiger charge is -2.26. The van der Waals surface area contributed by atoms with Gasteiger partial charge in [-0.3, -0.25) is 9.89 Å². The average Bonchev–Trinajstić information content (AvgIpc) is 2.99. The molecule has 98 valence electrons. The minimum absolute atomic E-state index is 0.113. The van der Waals surface area contributed by atoms with Crippen molar-refractivity contribution in [2.75, 3.05) is 6.54 Å².